The number of rotatable bonds is 5. The van der Waals surface area contributed by atoms with Crippen LogP contribution in [0.25, 0.3) is 0 Å². The molecule has 0 heterocycles. The number of nitrogens with zero attached hydrogens (tertiary/aromatic N) is 1. The van der Waals surface area contributed by atoms with E-state index in [2.05, 4.69) is 5.32 Å². The summed E-state index contributed by atoms with van der Waals surface area (Å²) in [5, 5.41) is 21.3. The zero-order valence-electron chi connectivity index (χ0n) is 8.80. The molecule has 0 aliphatic rings. The number of thioether (sulfide) groups is 1. The van der Waals surface area contributed by atoms with Gasteiger partial charge in [0.2, 0.25) is 5.91 Å². The second-order valence-corrected chi connectivity index (χ2v) is 4.09. The molecule has 1 N–H and O–H groups in total. The van der Waals surface area contributed by atoms with Gasteiger partial charge in [-0.3, -0.25) is 4.79 Å². The van der Waals surface area contributed by atoms with Crippen LogP contribution in [0.2, 0.25) is 0 Å². The van der Waals surface area contributed by atoms with Crippen LogP contribution in [0.3, 0.4) is 0 Å². The largest absolute Gasteiger partial charge is 0.549 e. The summed E-state index contributed by atoms with van der Waals surface area (Å²) in [5.41, 5.74) is 1.08. The van der Waals surface area contributed by atoms with Crippen molar-refractivity contribution >= 4 is 29.3 Å². The highest BCUT2D eigenvalue weighted by Gasteiger charge is 2.02. The topological polar surface area (TPSA) is 93.0 Å². The van der Waals surface area contributed by atoms with E-state index < -0.39 is 5.97 Å². The molecule has 1 aromatic carbocycles. The Labute approximate surface area is 102 Å². The number of nitrogens with one attached hydrogen (secondary N) is 1. The highest BCUT2D eigenvalue weighted by molar-refractivity contribution is 8.00. The van der Waals surface area contributed by atoms with Gasteiger partial charge in [-0.05, 0) is 24.3 Å². The Balaban J connectivity index is 2.40. The lowest BCUT2D eigenvalue weighted by Gasteiger charge is -2.05. The van der Waals surface area contributed by atoms with Crippen molar-refractivity contribution in [1.29, 1.82) is 5.26 Å². The fourth-order valence-corrected chi connectivity index (χ4v) is 1.58. The third-order valence-electron chi connectivity index (χ3n) is 1.75. The van der Waals surface area contributed by atoms with Crippen molar-refractivity contribution in [3.05, 3.63) is 29.8 Å². The van der Waals surface area contributed by atoms with Crippen molar-refractivity contribution in [3.8, 4) is 6.07 Å². The fourth-order valence-electron chi connectivity index (χ4n) is 1.05. The van der Waals surface area contributed by atoms with Crippen LogP contribution >= 0.6 is 11.8 Å². The van der Waals surface area contributed by atoms with Gasteiger partial charge in [-0.2, -0.15) is 5.26 Å². The molecule has 0 atom stereocenters. The number of anilines is 1. The first kappa shape index (κ1) is 13.1. The van der Waals surface area contributed by atoms with Gasteiger partial charge in [0, 0.05) is 11.4 Å². The summed E-state index contributed by atoms with van der Waals surface area (Å²) < 4.78 is 0. The maximum Gasteiger partial charge on any atom is 0.234 e. The van der Waals surface area contributed by atoms with Crippen molar-refractivity contribution in [2.45, 2.75) is 0 Å². The Kier molecular flexibility index (Phi) is 5.04. The van der Waals surface area contributed by atoms with Crippen LogP contribution in [0.15, 0.2) is 24.3 Å². The minimum absolute atomic E-state index is 0.0496. The molecule has 1 aromatic rings. The standard InChI is InChI=1S/C11H10N2O3S/c12-5-8-1-3-9(4-2-8)13-10(14)6-17-7-11(15)16/h1-4H,6-7H2,(H,13,14)(H,15,16)/p-1. The molecule has 5 nitrogen and oxygen atoms in total. The summed E-state index contributed by atoms with van der Waals surface area (Å²) in [4.78, 5) is 21.5. The van der Waals surface area contributed by atoms with E-state index >= 15 is 0 Å². The zero-order chi connectivity index (χ0) is 12.7. The Morgan fingerprint density at radius 2 is 1.94 bits per heavy atom. The number of hydrogen-bond donors (Lipinski definition) is 1. The van der Waals surface area contributed by atoms with E-state index in [1.165, 1.54) is 0 Å². The SMILES string of the molecule is N#Cc1ccc(NC(=O)CSCC(=O)[O-])cc1. The number of carbonyl (C=O) groups is 2. The molecule has 0 saturated carbocycles. The first-order valence-corrected chi connectivity index (χ1v) is 5.85. The van der Waals surface area contributed by atoms with Gasteiger partial charge in [0.15, 0.2) is 0 Å². The van der Waals surface area contributed by atoms with Gasteiger partial charge >= 0.3 is 0 Å². The van der Waals surface area contributed by atoms with Crippen LogP contribution in [-0.4, -0.2) is 23.4 Å². The number of carboxylic acid groups (broad SMARTS) is 1. The summed E-state index contributed by atoms with van der Waals surface area (Å²) in [6.07, 6.45) is 0. The molecular weight excluding hydrogens is 240 g/mol. The molecule has 88 valence electrons. The molecule has 17 heavy (non-hydrogen) atoms. The third kappa shape index (κ3) is 5.04. The van der Waals surface area contributed by atoms with Gasteiger partial charge in [-0.1, -0.05) is 0 Å². The third-order valence-corrected chi connectivity index (χ3v) is 2.66. The molecule has 0 fully saturated rings. The van der Waals surface area contributed by atoms with Crippen LogP contribution in [0.4, 0.5) is 5.69 Å². The van der Waals surface area contributed by atoms with E-state index in [4.69, 9.17) is 5.26 Å². The van der Waals surface area contributed by atoms with Crippen LogP contribution in [0.5, 0.6) is 0 Å². The first-order chi connectivity index (χ1) is 8.11. The Morgan fingerprint density at radius 1 is 1.29 bits per heavy atom. The summed E-state index contributed by atoms with van der Waals surface area (Å²) >= 11 is 0.970. The minimum Gasteiger partial charge on any atom is -0.549 e. The predicted octanol–water partition coefficient (Wildman–Crippen LogP) is -0.0201. The van der Waals surface area contributed by atoms with Crippen molar-refractivity contribution in [1.82, 2.24) is 0 Å². The number of nitriles is 1. The maximum absolute atomic E-state index is 11.3. The number of carboxylic acids is 1. The van der Waals surface area contributed by atoms with Gasteiger partial charge in [-0.15, -0.1) is 11.8 Å². The number of amides is 1. The Bertz CT molecular complexity index is 451. The van der Waals surface area contributed by atoms with E-state index in [1.807, 2.05) is 6.07 Å². The molecule has 0 saturated heterocycles. The number of aliphatic carboxylic acids is 1. The van der Waals surface area contributed by atoms with Gasteiger partial charge in [0.05, 0.1) is 23.4 Å². The molecule has 0 unspecified atom stereocenters. The Hall–Kier alpha value is -2.00. The van der Waals surface area contributed by atoms with E-state index in [0.29, 0.717) is 11.3 Å². The van der Waals surface area contributed by atoms with Crippen molar-refractivity contribution in [2.75, 3.05) is 16.8 Å². The zero-order valence-corrected chi connectivity index (χ0v) is 9.62. The van der Waals surface area contributed by atoms with Gasteiger partial charge in [-0.25, -0.2) is 0 Å². The second-order valence-electron chi connectivity index (χ2n) is 3.10. The van der Waals surface area contributed by atoms with Crippen LogP contribution in [-0.2, 0) is 9.59 Å². The van der Waals surface area contributed by atoms with Crippen molar-refractivity contribution in [3.63, 3.8) is 0 Å². The molecule has 0 aliphatic heterocycles. The second kappa shape index (κ2) is 6.55. The highest BCUT2D eigenvalue weighted by Crippen LogP contribution is 2.09. The molecular formula is C11H9N2O3S-. The monoisotopic (exact) mass is 249 g/mol. The van der Waals surface area contributed by atoms with Gasteiger partial charge in [0.25, 0.3) is 0 Å². The average molecular weight is 249 g/mol. The lowest BCUT2D eigenvalue weighted by molar-refractivity contribution is -0.301. The first-order valence-electron chi connectivity index (χ1n) is 4.69. The summed E-state index contributed by atoms with van der Waals surface area (Å²) in [7, 11) is 0. The van der Waals surface area contributed by atoms with Crippen molar-refractivity contribution in [2.24, 2.45) is 0 Å². The smallest absolute Gasteiger partial charge is 0.234 e. The van der Waals surface area contributed by atoms with Gasteiger partial charge < -0.3 is 15.2 Å². The van der Waals surface area contributed by atoms with E-state index in [9.17, 15) is 14.7 Å². The lowest BCUT2D eigenvalue weighted by atomic mass is 10.2. The molecule has 0 spiro atoms. The number of carbonyl (C=O) groups excluding carboxylic acids is 2. The molecule has 6 heteroatoms. The van der Waals surface area contributed by atoms with Crippen molar-refractivity contribution < 1.29 is 14.7 Å². The summed E-state index contributed by atoms with van der Waals surface area (Å²) in [6.45, 7) is 0. The number of hydrogen-bond acceptors (Lipinski definition) is 5. The summed E-state index contributed by atoms with van der Waals surface area (Å²) in [6, 6.07) is 8.36. The van der Waals surface area contributed by atoms with E-state index in [1.54, 1.807) is 24.3 Å². The quantitative estimate of drug-likeness (QED) is 0.791. The normalized spacial score (nSPS) is 9.35. The summed E-state index contributed by atoms with van der Waals surface area (Å²) in [5.74, 6) is -1.64. The Morgan fingerprint density at radius 3 is 2.47 bits per heavy atom. The maximum atomic E-state index is 11.3. The fraction of sp³-hybridized carbons (Fsp3) is 0.182. The lowest BCUT2D eigenvalue weighted by Crippen LogP contribution is -2.25. The highest BCUT2D eigenvalue weighted by atomic mass is 32.2. The van der Waals surface area contributed by atoms with E-state index in [-0.39, 0.29) is 17.4 Å². The molecule has 0 radical (unpaired) electrons. The molecule has 0 aliphatic carbocycles. The molecule has 1 rings (SSSR count). The molecule has 1 amide bonds. The van der Waals surface area contributed by atoms with Crippen LogP contribution in [0.1, 0.15) is 5.56 Å². The number of benzene rings is 1. The average Bonchev–Trinajstić information content (AvgIpc) is 2.29. The van der Waals surface area contributed by atoms with E-state index in [0.717, 1.165) is 11.8 Å². The van der Waals surface area contributed by atoms with Crippen LogP contribution in [0, 0.1) is 11.3 Å². The van der Waals surface area contributed by atoms with Crippen LogP contribution < -0.4 is 10.4 Å². The van der Waals surface area contributed by atoms with Gasteiger partial charge in [0.1, 0.15) is 0 Å². The predicted molar refractivity (Wildman–Crippen MR) is 62.1 cm³/mol. The molecule has 0 aromatic heterocycles. The minimum atomic E-state index is -1.19. The molecule has 0 bridgehead atoms.